The maximum absolute atomic E-state index is 11.2. The standard InChI is InChI=1S/C11H23NO.C2H6/c1-10(2)11(13)8-6-5-7-9-12(3)4;1-2/h10H,5-9H2,1-4H3;1-2H3. The van der Waals surface area contributed by atoms with Crippen LogP contribution in [0.1, 0.15) is 53.4 Å². The van der Waals surface area contributed by atoms with E-state index in [1.807, 2.05) is 27.7 Å². The van der Waals surface area contributed by atoms with Crippen molar-refractivity contribution in [2.24, 2.45) is 5.92 Å². The van der Waals surface area contributed by atoms with Gasteiger partial charge in [-0.3, -0.25) is 4.79 Å². The fourth-order valence-electron chi connectivity index (χ4n) is 1.19. The fourth-order valence-corrected chi connectivity index (χ4v) is 1.19. The number of carbonyl (C=O) groups excluding carboxylic acids is 1. The second-order valence-electron chi connectivity index (χ2n) is 4.23. The van der Waals surface area contributed by atoms with E-state index in [4.69, 9.17) is 0 Å². The molecule has 0 aliphatic heterocycles. The highest BCUT2D eigenvalue weighted by Crippen LogP contribution is 2.06. The van der Waals surface area contributed by atoms with E-state index in [2.05, 4.69) is 19.0 Å². The minimum atomic E-state index is 0.217. The summed E-state index contributed by atoms with van der Waals surface area (Å²) >= 11 is 0. The summed E-state index contributed by atoms with van der Waals surface area (Å²) in [6.07, 6.45) is 4.21. The van der Waals surface area contributed by atoms with Crippen LogP contribution in [0.3, 0.4) is 0 Å². The largest absolute Gasteiger partial charge is 0.309 e. The van der Waals surface area contributed by atoms with Gasteiger partial charge in [-0.1, -0.05) is 34.1 Å². The molecule has 15 heavy (non-hydrogen) atoms. The Labute approximate surface area is 96.0 Å². The second kappa shape index (κ2) is 11.7. The second-order valence-corrected chi connectivity index (χ2v) is 4.23. The lowest BCUT2D eigenvalue weighted by Crippen LogP contribution is -2.13. The van der Waals surface area contributed by atoms with Gasteiger partial charge in [0.05, 0.1) is 0 Å². The molecule has 92 valence electrons. The van der Waals surface area contributed by atoms with E-state index in [9.17, 15) is 4.79 Å². The summed E-state index contributed by atoms with van der Waals surface area (Å²) in [5.74, 6) is 0.624. The van der Waals surface area contributed by atoms with Gasteiger partial charge in [0.2, 0.25) is 0 Å². The normalized spacial score (nSPS) is 10.1. The molecule has 0 saturated carbocycles. The lowest BCUT2D eigenvalue weighted by atomic mass is 10.0. The number of carbonyl (C=O) groups is 1. The van der Waals surface area contributed by atoms with Crippen molar-refractivity contribution >= 4 is 5.78 Å². The molecular formula is C13H29NO. The van der Waals surface area contributed by atoms with Gasteiger partial charge in [0.15, 0.2) is 0 Å². The van der Waals surface area contributed by atoms with E-state index in [-0.39, 0.29) is 5.92 Å². The van der Waals surface area contributed by atoms with Crippen molar-refractivity contribution in [2.45, 2.75) is 53.4 Å². The van der Waals surface area contributed by atoms with Crippen LogP contribution in [0.5, 0.6) is 0 Å². The zero-order valence-electron chi connectivity index (χ0n) is 11.5. The Kier molecular flexibility index (Phi) is 13.3. The summed E-state index contributed by atoms with van der Waals surface area (Å²) in [7, 11) is 4.17. The molecule has 0 atom stereocenters. The van der Waals surface area contributed by atoms with Gasteiger partial charge < -0.3 is 4.90 Å². The van der Waals surface area contributed by atoms with Gasteiger partial charge in [-0.25, -0.2) is 0 Å². The molecule has 2 heteroatoms. The SMILES string of the molecule is CC.CC(C)C(=O)CCCCCN(C)C. The first-order chi connectivity index (χ1) is 7.04. The highest BCUT2D eigenvalue weighted by Gasteiger charge is 2.05. The van der Waals surface area contributed by atoms with Crippen LogP contribution in [0.4, 0.5) is 0 Å². The minimum Gasteiger partial charge on any atom is -0.309 e. The van der Waals surface area contributed by atoms with Gasteiger partial charge in [0.1, 0.15) is 5.78 Å². The molecule has 0 N–H and O–H groups in total. The third kappa shape index (κ3) is 13.6. The van der Waals surface area contributed by atoms with Gasteiger partial charge in [-0.2, -0.15) is 0 Å². The number of Topliss-reactive ketones (excluding diaryl/α,β-unsaturated/α-hetero) is 1. The average molecular weight is 215 g/mol. The number of ketones is 1. The molecule has 0 aromatic heterocycles. The Hall–Kier alpha value is -0.370. The Balaban J connectivity index is 0. The summed E-state index contributed by atoms with van der Waals surface area (Å²) in [5.41, 5.74) is 0. The number of unbranched alkanes of at least 4 members (excludes halogenated alkanes) is 2. The van der Waals surface area contributed by atoms with Gasteiger partial charge in [0, 0.05) is 12.3 Å². The van der Waals surface area contributed by atoms with Crippen LogP contribution in [0, 0.1) is 5.92 Å². The predicted molar refractivity (Wildman–Crippen MR) is 68.2 cm³/mol. The first kappa shape index (κ1) is 17.0. The van der Waals surface area contributed by atoms with Crippen molar-refractivity contribution in [3.05, 3.63) is 0 Å². The topological polar surface area (TPSA) is 20.3 Å². The summed E-state index contributed by atoms with van der Waals surface area (Å²) in [5, 5.41) is 0. The summed E-state index contributed by atoms with van der Waals surface area (Å²) in [4.78, 5) is 13.4. The zero-order valence-corrected chi connectivity index (χ0v) is 11.5. The Morgan fingerprint density at radius 1 is 1.07 bits per heavy atom. The molecule has 0 aliphatic rings. The van der Waals surface area contributed by atoms with Crippen LogP contribution in [0.25, 0.3) is 0 Å². The molecule has 0 aliphatic carbocycles. The number of hydrogen-bond acceptors (Lipinski definition) is 2. The molecule has 0 unspecified atom stereocenters. The smallest absolute Gasteiger partial charge is 0.135 e. The van der Waals surface area contributed by atoms with Crippen molar-refractivity contribution in [2.75, 3.05) is 20.6 Å². The molecule has 0 saturated heterocycles. The van der Waals surface area contributed by atoms with Crippen LogP contribution in [0.2, 0.25) is 0 Å². The maximum Gasteiger partial charge on any atom is 0.135 e. The van der Waals surface area contributed by atoms with E-state index >= 15 is 0 Å². The fraction of sp³-hybridized carbons (Fsp3) is 0.923. The zero-order chi connectivity index (χ0) is 12.3. The number of rotatable bonds is 7. The molecule has 2 nitrogen and oxygen atoms in total. The van der Waals surface area contributed by atoms with Crippen molar-refractivity contribution in [3.8, 4) is 0 Å². The maximum atomic E-state index is 11.2. The lowest BCUT2D eigenvalue weighted by molar-refractivity contribution is -0.122. The van der Waals surface area contributed by atoms with Crippen LogP contribution < -0.4 is 0 Å². The monoisotopic (exact) mass is 215 g/mol. The van der Waals surface area contributed by atoms with Gasteiger partial charge in [0.25, 0.3) is 0 Å². The molecule has 0 rings (SSSR count). The Morgan fingerprint density at radius 3 is 2.00 bits per heavy atom. The molecule has 0 spiro atoms. The van der Waals surface area contributed by atoms with E-state index in [0.29, 0.717) is 5.78 Å². The van der Waals surface area contributed by atoms with Crippen molar-refractivity contribution in [3.63, 3.8) is 0 Å². The van der Waals surface area contributed by atoms with Crippen LogP contribution in [-0.2, 0) is 4.79 Å². The Morgan fingerprint density at radius 2 is 1.60 bits per heavy atom. The molecule has 0 aromatic rings. The van der Waals surface area contributed by atoms with Gasteiger partial charge >= 0.3 is 0 Å². The van der Waals surface area contributed by atoms with Crippen molar-refractivity contribution in [1.29, 1.82) is 0 Å². The quantitative estimate of drug-likeness (QED) is 0.607. The highest BCUT2D eigenvalue weighted by molar-refractivity contribution is 5.80. The minimum absolute atomic E-state index is 0.217. The lowest BCUT2D eigenvalue weighted by Gasteiger charge is -2.08. The predicted octanol–water partition coefficient (Wildman–Crippen LogP) is 3.36. The van der Waals surface area contributed by atoms with Crippen LogP contribution in [-0.4, -0.2) is 31.3 Å². The van der Waals surface area contributed by atoms with Crippen LogP contribution in [0.15, 0.2) is 0 Å². The molecule has 0 radical (unpaired) electrons. The van der Waals surface area contributed by atoms with E-state index in [0.717, 1.165) is 19.4 Å². The average Bonchev–Trinajstić information content (AvgIpc) is 2.19. The van der Waals surface area contributed by atoms with Crippen molar-refractivity contribution < 1.29 is 4.79 Å². The summed E-state index contributed by atoms with van der Waals surface area (Å²) < 4.78 is 0. The summed E-state index contributed by atoms with van der Waals surface area (Å²) in [6.45, 7) is 9.08. The van der Waals surface area contributed by atoms with E-state index in [1.165, 1.54) is 12.8 Å². The van der Waals surface area contributed by atoms with E-state index in [1.54, 1.807) is 0 Å². The molecule has 0 fully saturated rings. The van der Waals surface area contributed by atoms with Gasteiger partial charge in [-0.05, 0) is 33.5 Å². The molecule has 0 heterocycles. The van der Waals surface area contributed by atoms with Crippen molar-refractivity contribution in [1.82, 2.24) is 4.90 Å². The molecule has 0 aromatic carbocycles. The molecular weight excluding hydrogens is 186 g/mol. The highest BCUT2D eigenvalue weighted by atomic mass is 16.1. The number of nitrogens with zero attached hydrogens (tertiary/aromatic N) is 1. The van der Waals surface area contributed by atoms with Gasteiger partial charge in [-0.15, -0.1) is 0 Å². The Bertz CT molecular complexity index is 141. The first-order valence-electron chi connectivity index (χ1n) is 6.21. The number of hydrogen-bond donors (Lipinski definition) is 0. The molecule has 0 amide bonds. The summed E-state index contributed by atoms with van der Waals surface area (Å²) in [6, 6.07) is 0. The first-order valence-corrected chi connectivity index (χ1v) is 6.21. The van der Waals surface area contributed by atoms with Crippen LogP contribution >= 0.6 is 0 Å². The third-order valence-electron chi connectivity index (χ3n) is 2.17. The van der Waals surface area contributed by atoms with E-state index < -0.39 is 0 Å². The molecule has 0 bridgehead atoms. The third-order valence-corrected chi connectivity index (χ3v) is 2.17.